The van der Waals surface area contributed by atoms with E-state index in [1.54, 1.807) is 6.92 Å². The van der Waals surface area contributed by atoms with Crippen LogP contribution in [0.15, 0.2) is 54.6 Å². The monoisotopic (exact) mass is 365 g/mol. The molecule has 2 aromatic carbocycles. The van der Waals surface area contributed by atoms with Crippen LogP contribution in [0.4, 0.5) is 4.79 Å². The maximum atomic E-state index is 12.8. The number of aryl methyl sites for hydroxylation is 1. The van der Waals surface area contributed by atoms with Gasteiger partial charge in [-0.25, -0.2) is 4.79 Å². The molecule has 1 heterocycles. The highest BCUT2D eigenvalue weighted by molar-refractivity contribution is 6.09. The number of nitrogens with one attached hydrogen (secondary N) is 2. The molecule has 0 saturated carbocycles. The number of rotatable bonds is 6. The number of imide groups is 1. The molecular weight excluding hydrogens is 342 g/mol. The molecule has 140 valence electrons. The van der Waals surface area contributed by atoms with Crippen molar-refractivity contribution >= 4 is 17.8 Å². The summed E-state index contributed by atoms with van der Waals surface area (Å²) in [5.74, 6) is -0.780. The van der Waals surface area contributed by atoms with Gasteiger partial charge in [0.25, 0.3) is 5.91 Å². The van der Waals surface area contributed by atoms with Crippen LogP contribution in [0.1, 0.15) is 23.6 Å². The Labute approximate surface area is 158 Å². The molecule has 2 aromatic rings. The molecular formula is C21H23N3O3. The van der Waals surface area contributed by atoms with Crippen molar-refractivity contribution in [1.29, 1.82) is 0 Å². The second-order valence-corrected chi connectivity index (χ2v) is 6.90. The lowest BCUT2D eigenvalue weighted by Gasteiger charge is -2.22. The van der Waals surface area contributed by atoms with Crippen molar-refractivity contribution in [3.05, 3.63) is 71.3 Å². The summed E-state index contributed by atoms with van der Waals surface area (Å²) in [6.45, 7) is 3.76. The van der Waals surface area contributed by atoms with Gasteiger partial charge in [-0.2, -0.15) is 0 Å². The molecule has 1 atom stereocenters. The van der Waals surface area contributed by atoms with Crippen LogP contribution in [0.3, 0.4) is 0 Å². The number of carbonyl (C=O) groups excluding carboxylic acids is 3. The third-order valence-electron chi connectivity index (χ3n) is 4.78. The standard InChI is InChI=1S/C21H23N3O3/c1-15-8-10-17(11-9-15)21(2)19(26)24(20(27)23-21)14-18(25)22-13-12-16-6-4-3-5-7-16/h3-11H,12-14H2,1-2H3,(H,22,25)(H,23,27)/t21-/m1/s1. The Kier molecular flexibility index (Phi) is 5.26. The summed E-state index contributed by atoms with van der Waals surface area (Å²) in [5, 5.41) is 5.47. The Balaban J connectivity index is 1.60. The van der Waals surface area contributed by atoms with E-state index in [-0.39, 0.29) is 12.5 Å². The maximum absolute atomic E-state index is 12.8. The van der Waals surface area contributed by atoms with Crippen molar-refractivity contribution in [3.63, 3.8) is 0 Å². The maximum Gasteiger partial charge on any atom is 0.325 e. The van der Waals surface area contributed by atoms with Gasteiger partial charge < -0.3 is 10.6 Å². The predicted octanol–water partition coefficient (Wildman–Crippen LogP) is 2.12. The van der Waals surface area contributed by atoms with Crippen molar-refractivity contribution in [2.45, 2.75) is 25.8 Å². The SMILES string of the molecule is Cc1ccc([C@@]2(C)NC(=O)N(CC(=O)NCCc3ccccc3)C2=O)cc1. The molecule has 1 aliphatic rings. The van der Waals surface area contributed by atoms with E-state index in [0.717, 1.165) is 16.0 Å². The third kappa shape index (κ3) is 4.00. The van der Waals surface area contributed by atoms with Crippen LogP contribution in [0, 0.1) is 6.92 Å². The molecule has 1 fully saturated rings. The summed E-state index contributed by atoms with van der Waals surface area (Å²) < 4.78 is 0. The molecule has 1 aliphatic heterocycles. The summed E-state index contributed by atoms with van der Waals surface area (Å²) in [6.07, 6.45) is 0.688. The second kappa shape index (κ2) is 7.61. The number of carbonyl (C=O) groups is 3. The normalized spacial score (nSPS) is 19.1. The lowest BCUT2D eigenvalue weighted by molar-refractivity contribution is -0.134. The highest BCUT2D eigenvalue weighted by Crippen LogP contribution is 2.28. The van der Waals surface area contributed by atoms with E-state index in [1.807, 2.05) is 61.5 Å². The number of amides is 4. The highest BCUT2D eigenvalue weighted by Gasteiger charge is 2.49. The molecule has 6 nitrogen and oxygen atoms in total. The number of urea groups is 1. The van der Waals surface area contributed by atoms with Crippen molar-refractivity contribution in [2.24, 2.45) is 0 Å². The average molecular weight is 365 g/mol. The van der Waals surface area contributed by atoms with Crippen LogP contribution >= 0.6 is 0 Å². The zero-order valence-electron chi connectivity index (χ0n) is 15.5. The Hall–Kier alpha value is -3.15. The van der Waals surface area contributed by atoms with Crippen molar-refractivity contribution in [2.75, 3.05) is 13.1 Å². The summed E-state index contributed by atoms with van der Waals surface area (Å²) in [5.41, 5.74) is 1.71. The first-order valence-electron chi connectivity index (χ1n) is 8.92. The van der Waals surface area contributed by atoms with E-state index in [0.29, 0.717) is 18.5 Å². The second-order valence-electron chi connectivity index (χ2n) is 6.90. The first-order chi connectivity index (χ1) is 12.9. The Morgan fingerprint density at radius 3 is 2.41 bits per heavy atom. The van der Waals surface area contributed by atoms with Gasteiger partial charge in [-0.3, -0.25) is 14.5 Å². The molecule has 27 heavy (non-hydrogen) atoms. The van der Waals surface area contributed by atoms with Gasteiger partial charge in [-0.05, 0) is 31.4 Å². The zero-order chi connectivity index (χ0) is 19.4. The first-order valence-corrected chi connectivity index (χ1v) is 8.92. The van der Waals surface area contributed by atoms with Gasteiger partial charge in [0, 0.05) is 6.54 Å². The van der Waals surface area contributed by atoms with E-state index in [9.17, 15) is 14.4 Å². The largest absolute Gasteiger partial charge is 0.354 e. The summed E-state index contributed by atoms with van der Waals surface area (Å²) in [4.78, 5) is 38.3. The van der Waals surface area contributed by atoms with Crippen LogP contribution in [-0.4, -0.2) is 35.8 Å². The van der Waals surface area contributed by atoms with Crippen molar-refractivity contribution in [3.8, 4) is 0 Å². The summed E-state index contributed by atoms with van der Waals surface area (Å²) in [6, 6.07) is 16.6. The molecule has 4 amide bonds. The van der Waals surface area contributed by atoms with Gasteiger partial charge >= 0.3 is 6.03 Å². The molecule has 0 aromatic heterocycles. The molecule has 0 unspecified atom stereocenters. The average Bonchev–Trinajstić information content (AvgIpc) is 2.87. The Morgan fingerprint density at radius 2 is 1.74 bits per heavy atom. The topological polar surface area (TPSA) is 78.5 Å². The minimum atomic E-state index is -1.16. The lowest BCUT2D eigenvalue weighted by Crippen LogP contribution is -2.43. The number of hydrogen-bond donors (Lipinski definition) is 2. The molecule has 1 saturated heterocycles. The third-order valence-corrected chi connectivity index (χ3v) is 4.78. The lowest BCUT2D eigenvalue weighted by atomic mass is 9.91. The first kappa shape index (κ1) is 18.6. The van der Waals surface area contributed by atoms with E-state index in [1.165, 1.54) is 0 Å². The minimum Gasteiger partial charge on any atom is -0.354 e. The predicted molar refractivity (Wildman–Crippen MR) is 102 cm³/mol. The number of nitrogens with zero attached hydrogens (tertiary/aromatic N) is 1. The highest BCUT2D eigenvalue weighted by atomic mass is 16.2. The molecule has 6 heteroatoms. The molecule has 0 aliphatic carbocycles. The van der Waals surface area contributed by atoms with E-state index in [4.69, 9.17) is 0 Å². The van der Waals surface area contributed by atoms with E-state index < -0.39 is 17.5 Å². The fourth-order valence-corrected chi connectivity index (χ4v) is 3.11. The van der Waals surface area contributed by atoms with Crippen molar-refractivity contribution < 1.29 is 14.4 Å². The molecule has 0 bridgehead atoms. The fourth-order valence-electron chi connectivity index (χ4n) is 3.11. The van der Waals surface area contributed by atoms with Crippen LogP contribution in [0.5, 0.6) is 0 Å². The molecule has 0 radical (unpaired) electrons. The van der Waals surface area contributed by atoms with Gasteiger partial charge in [-0.1, -0.05) is 60.2 Å². The minimum absolute atomic E-state index is 0.291. The summed E-state index contributed by atoms with van der Waals surface area (Å²) in [7, 11) is 0. The molecule has 0 spiro atoms. The van der Waals surface area contributed by atoms with E-state index in [2.05, 4.69) is 10.6 Å². The Bertz CT molecular complexity index is 849. The van der Waals surface area contributed by atoms with Crippen LogP contribution in [-0.2, 0) is 21.5 Å². The van der Waals surface area contributed by atoms with Crippen LogP contribution in [0.25, 0.3) is 0 Å². The van der Waals surface area contributed by atoms with Crippen molar-refractivity contribution in [1.82, 2.24) is 15.5 Å². The summed E-state index contributed by atoms with van der Waals surface area (Å²) >= 11 is 0. The van der Waals surface area contributed by atoms with Crippen LogP contribution in [0.2, 0.25) is 0 Å². The number of hydrogen-bond acceptors (Lipinski definition) is 3. The van der Waals surface area contributed by atoms with Crippen LogP contribution < -0.4 is 10.6 Å². The molecule has 3 rings (SSSR count). The Morgan fingerprint density at radius 1 is 1.07 bits per heavy atom. The van der Waals surface area contributed by atoms with Gasteiger partial charge in [-0.15, -0.1) is 0 Å². The smallest absolute Gasteiger partial charge is 0.325 e. The van der Waals surface area contributed by atoms with Gasteiger partial charge in [0.05, 0.1) is 0 Å². The van der Waals surface area contributed by atoms with Gasteiger partial charge in [0.2, 0.25) is 5.91 Å². The quantitative estimate of drug-likeness (QED) is 0.770. The number of benzene rings is 2. The molecule has 2 N–H and O–H groups in total. The van der Waals surface area contributed by atoms with Gasteiger partial charge in [0.15, 0.2) is 0 Å². The zero-order valence-corrected chi connectivity index (χ0v) is 15.5. The van der Waals surface area contributed by atoms with E-state index >= 15 is 0 Å². The van der Waals surface area contributed by atoms with Gasteiger partial charge in [0.1, 0.15) is 12.1 Å². The fraction of sp³-hybridized carbons (Fsp3) is 0.286.